The molecule has 1 saturated heterocycles. The van der Waals surface area contributed by atoms with E-state index in [9.17, 15) is 9.59 Å². The summed E-state index contributed by atoms with van der Waals surface area (Å²) in [6, 6.07) is 14.6. The largest absolute Gasteiger partial charge is 0.497 e. The minimum Gasteiger partial charge on any atom is -0.497 e. The molecular weight excluding hydrogens is 330 g/mol. The van der Waals surface area contributed by atoms with Gasteiger partial charge in [0, 0.05) is 0 Å². The van der Waals surface area contributed by atoms with Crippen LogP contribution in [0.2, 0.25) is 0 Å². The van der Waals surface area contributed by atoms with Crippen LogP contribution in [0.3, 0.4) is 0 Å². The van der Waals surface area contributed by atoms with Crippen LogP contribution in [0.25, 0.3) is 6.08 Å². The van der Waals surface area contributed by atoms with Crippen molar-refractivity contribution in [2.75, 3.05) is 12.0 Å². The molecular formula is C21H19NO4. The van der Waals surface area contributed by atoms with E-state index in [4.69, 9.17) is 9.47 Å². The Kier molecular flexibility index (Phi) is 3.70. The van der Waals surface area contributed by atoms with Gasteiger partial charge in [-0.05, 0) is 55.3 Å². The van der Waals surface area contributed by atoms with Crippen LogP contribution in [0.1, 0.15) is 25.0 Å². The van der Waals surface area contributed by atoms with Crippen LogP contribution in [0, 0.1) is 0 Å². The van der Waals surface area contributed by atoms with Crippen molar-refractivity contribution in [3.05, 3.63) is 65.2 Å². The molecule has 2 heterocycles. The molecule has 0 N–H and O–H groups in total. The molecule has 0 radical (unpaired) electrons. The van der Waals surface area contributed by atoms with Crippen molar-refractivity contribution in [3.63, 3.8) is 0 Å². The highest BCUT2D eigenvalue weighted by Gasteiger charge is 2.49. The molecule has 0 saturated carbocycles. The summed E-state index contributed by atoms with van der Waals surface area (Å²) < 4.78 is 11.3. The molecule has 0 aliphatic carbocycles. The summed E-state index contributed by atoms with van der Waals surface area (Å²) in [5.74, 6) is -0.0578. The van der Waals surface area contributed by atoms with Crippen LogP contribution >= 0.6 is 0 Å². The number of benzene rings is 2. The number of anilines is 1. The van der Waals surface area contributed by atoms with Gasteiger partial charge in [0.05, 0.1) is 24.0 Å². The Balaban J connectivity index is 1.80. The van der Waals surface area contributed by atoms with E-state index < -0.39 is 11.7 Å². The molecule has 26 heavy (non-hydrogen) atoms. The molecule has 0 spiro atoms. The average Bonchev–Trinajstić information content (AvgIpc) is 2.78. The molecule has 2 aromatic carbocycles. The number of ether oxygens (including phenoxy) is 2. The van der Waals surface area contributed by atoms with E-state index in [0.29, 0.717) is 17.0 Å². The highest BCUT2D eigenvalue weighted by atomic mass is 16.5. The quantitative estimate of drug-likeness (QED) is 0.781. The Labute approximate surface area is 151 Å². The third kappa shape index (κ3) is 2.44. The normalized spacial score (nSPS) is 21.0. The lowest BCUT2D eigenvalue weighted by Gasteiger charge is -2.28. The van der Waals surface area contributed by atoms with Gasteiger partial charge >= 0.3 is 0 Å². The van der Waals surface area contributed by atoms with Crippen molar-refractivity contribution in [3.8, 4) is 5.75 Å². The maximum absolute atomic E-state index is 13.0. The van der Waals surface area contributed by atoms with Crippen molar-refractivity contribution in [1.82, 2.24) is 0 Å². The van der Waals surface area contributed by atoms with Crippen LogP contribution in [0.5, 0.6) is 5.75 Å². The number of carbonyl (C=O) groups excluding carboxylic acids is 2. The summed E-state index contributed by atoms with van der Waals surface area (Å²) >= 11 is 0. The first-order chi connectivity index (χ1) is 12.4. The molecule has 2 aromatic rings. The molecule has 0 bridgehead atoms. The summed E-state index contributed by atoms with van der Waals surface area (Å²) in [6.07, 6.45) is 0.866. The maximum Gasteiger partial charge on any atom is 0.268 e. The Bertz CT molecular complexity index is 927. The smallest absolute Gasteiger partial charge is 0.268 e. The van der Waals surface area contributed by atoms with Crippen LogP contribution in [0.15, 0.2) is 54.1 Å². The molecule has 5 nitrogen and oxygen atoms in total. The molecule has 4 rings (SSSR count). The minimum absolute atomic E-state index is 0.349. The van der Waals surface area contributed by atoms with Gasteiger partial charge in [0.25, 0.3) is 11.8 Å². The van der Waals surface area contributed by atoms with E-state index in [1.54, 1.807) is 37.5 Å². The number of methoxy groups -OCH3 is 1. The first-order valence-electron chi connectivity index (χ1n) is 8.43. The zero-order valence-corrected chi connectivity index (χ0v) is 14.9. The van der Waals surface area contributed by atoms with Crippen LogP contribution < -0.4 is 9.64 Å². The van der Waals surface area contributed by atoms with Gasteiger partial charge in [-0.15, -0.1) is 0 Å². The van der Waals surface area contributed by atoms with Crippen LogP contribution in [0.4, 0.5) is 5.69 Å². The SMILES string of the molecule is COc1ccc(N2C(=O)C3=Cc4ccccc4C(C)(C)OC3C2=O)cc1. The van der Waals surface area contributed by atoms with Crippen molar-refractivity contribution < 1.29 is 19.1 Å². The summed E-state index contributed by atoms with van der Waals surface area (Å²) in [7, 11) is 1.57. The number of hydrogen-bond donors (Lipinski definition) is 0. The zero-order valence-electron chi connectivity index (χ0n) is 14.9. The molecule has 2 aliphatic rings. The third-order valence-electron chi connectivity index (χ3n) is 4.84. The summed E-state index contributed by atoms with van der Waals surface area (Å²) in [6.45, 7) is 3.83. The molecule has 1 unspecified atom stereocenters. The van der Waals surface area contributed by atoms with E-state index in [0.717, 1.165) is 11.1 Å². The van der Waals surface area contributed by atoms with Crippen molar-refractivity contribution in [2.45, 2.75) is 25.6 Å². The number of nitrogens with zero attached hydrogens (tertiary/aromatic N) is 1. The van der Waals surface area contributed by atoms with Gasteiger partial charge in [-0.3, -0.25) is 9.59 Å². The van der Waals surface area contributed by atoms with Gasteiger partial charge < -0.3 is 9.47 Å². The molecule has 5 heteroatoms. The molecule has 1 atom stereocenters. The molecule has 0 aromatic heterocycles. The first-order valence-corrected chi connectivity index (χ1v) is 8.43. The van der Waals surface area contributed by atoms with E-state index in [2.05, 4.69) is 0 Å². The number of amides is 2. The minimum atomic E-state index is -0.910. The molecule has 2 aliphatic heterocycles. The lowest BCUT2D eigenvalue weighted by Crippen LogP contribution is -2.36. The fraction of sp³-hybridized carbons (Fsp3) is 0.238. The summed E-state index contributed by atoms with van der Waals surface area (Å²) in [5.41, 5.74) is 2.03. The lowest BCUT2D eigenvalue weighted by atomic mass is 9.93. The number of rotatable bonds is 2. The second-order valence-electron chi connectivity index (χ2n) is 6.87. The van der Waals surface area contributed by atoms with E-state index in [1.807, 2.05) is 38.1 Å². The van der Waals surface area contributed by atoms with E-state index >= 15 is 0 Å². The van der Waals surface area contributed by atoms with Gasteiger partial charge in [-0.25, -0.2) is 4.90 Å². The maximum atomic E-state index is 13.0. The zero-order chi connectivity index (χ0) is 18.5. The molecule has 132 valence electrons. The van der Waals surface area contributed by atoms with Crippen LogP contribution in [-0.2, 0) is 19.9 Å². The average molecular weight is 349 g/mol. The monoisotopic (exact) mass is 349 g/mol. The van der Waals surface area contributed by atoms with Gasteiger partial charge in [0.15, 0.2) is 6.10 Å². The summed E-state index contributed by atoms with van der Waals surface area (Å²) in [5, 5.41) is 0. The fourth-order valence-corrected chi connectivity index (χ4v) is 3.52. The van der Waals surface area contributed by atoms with Crippen molar-refractivity contribution >= 4 is 23.6 Å². The predicted octanol–water partition coefficient (Wildman–Crippen LogP) is 3.29. The van der Waals surface area contributed by atoms with E-state index in [1.165, 1.54) is 4.90 Å². The highest BCUT2D eigenvalue weighted by Crippen LogP contribution is 2.40. The summed E-state index contributed by atoms with van der Waals surface area (Å²) in [4.78, 5) is 27.2. The number of carbonyl (C=O) groups is 2. The number of hydrogen-bond acceptors (Lipinski definition) is 4. The van der Waals surface area contributed by atoms with Gasteiger partial charge in [0.2, 0.25) is 0 Å². The van der Waals surface area contributed by atoms with E-state index in [-0.39, 0.29) is 11.8 Å². The predicted molar refractivity (Wildman–Crippen MR) is 97.8 cm³/mol. The van der Waals surface area contributed by atoms with Gasteiger partial charge in [-0.2, -0.15) is 0 Å². The molecule has 2 amide bonds. The second kappa shape index (κ2) is 5.81. The Hall–Kier alpha value is -2.92. The number of imide groups is 1. The topological polar surface area (TPSA) is 55.8 Å². The third-order valence-corrected chi connectivity index (χ3v) is 4.84. The standard InChI is InChI=1S/C21H19NO4/c1-21(2)17-7-5-4-6-13(17)12-16-18(26-21)20(24)22(19(16)23)14-8-10-15(25-3)11-9-14/h4-12,18H,1-3H3. The Morgan fingerprint density at radius 1 is 1.04 bits per heavy atom. The number of fused-ring (bicyclic) bond motifs is 2. The highest BCUT2D eigenvalue weighted by molar-refractivity contribution is 6.32. The Morgan fingerprint density at radius 3 is 2.42 bits per heavy atom. The van der Waals surface area contributed by atoms with Crippen molar-refractivity contribution in [2.24, 2.45) is 0 Å². The van der Waals surface area contributed by atoms with Gasteiger partial charge in [-0.1, -0.05) is 24.3 Å². The fourth-order valence-electron chi connectivity index (χ4n) is 3.52. The van der Waals surface area contributed by atoms with Gasteiger partial charge in [0.1, 0.15) is 5.75 Å². The lowest BCUT2D eigenvalue weighted by molar-refractivity contribution is -0.135. The second-order valence-corrected chi connectivity index (χ2v) is 6.87. The molecule has 1 fully saturated rings. The van der Waals surface area contributed by atoms with Crippen LogP contribution in [-0.4, -0.2) is 25.0 Å². The van der Waals surface area contributed by atoms with Crippen molar-refractivity contribution in [1.29, 1.82) is 0 Å². The Morgan fingerprint density at radius 2 is 1.73 bits per heavy atom. The first kappa shape index (κ1) is 16.5.